The Morgan fingerprint density at radius 2 is 1.14 bits per heavy atom. The number of ether oxygens (including phenoxy) is 15. The lowest BCUT2D eigenvalue weighted by Crippen LogP contribution is -2.78. The van der Waals surface area contributed by atoms with Crippen molar-refractivity contribution in [3.8, 4) is 0 Å². The Morgan fingerprint density at radius 1 is 0.648 bits per heavy atom. The van der Waals surface area contributed by atoms with Gasteiger partial charge in [0.1, 0.15) is 71.7 Å². The van der Waals surface area contributed by atoms with Gasteiger partial charge in [-0.15, -0.1) is 0 Å². The van der Waals surface area contributed by atoms with Crippen molar-refractivity contribution in [2.24, 2.45) is 16.7 Å². The van der Waals surface area contributed by atoms with E-state index in [1.54, 1.807) is 41.3 Å². The Hall–Kier alpha value is -2.71. The number of esters is 1. The first kappa shape index (κ1) is 68.2. The van der Waals surface area contributed by atoms with Crippen LogP contribution in [0.3, 0.4) is 0 Å². The van der Waals surface area contributed by atoms with E-state index >= 15 is 0 Å². The number of carbonyl (C=O) groups is 1. The summed E-state index contributed by atoms with van der Waals surface area (Å²) in [6, 6.07) is 9.32. The molecule has 30 atom stereocenters. The molecule has 1 aromatic carbocycles. The molecule has 1 aromatic rings. The predicted octanol–water partition coefficient (Wildman–Crippen LogP) is 2.85. The molecule has 88 heavy (non-hydrogen) atoms. The second kappa shape index (κ2) is 27.3. The van der Waals surface area contributed by atoms with Crippen LogP contribution in [-0.2, 0) is 75.8 Å². The van der Waals surface area contributed by atoms with E-state index in [4.69, 9.17) is 71.1 Å². The minimum atomic E-state index is -1.93. The summed E-state index contributed by atoms with van der Waals surface area (Å²) in [5.74, 6) is -1.23. The molecular formula is C64H98O24. The number of hydrogen-bond acceptors (Lipinski definition) is 24. The number of aliphatic hydroxyl groups is 8. The van der Waals surface area contributed by atoms with Crippen LogP contribution in [0.15, 0.2) is 48.1 Å². The molecule has 0 aromatic heterocycles. The highest BCUT2D eigenvalue weighted by molar-refractivity contribution is 5.87. The largest absolute Gasteiger partial charge is 0.458 e. The summed E-state index contributed by atoms with van der Waals surface area (Å²) in [5.41, 5.74) is -5.91. The average Bonchev–Trinajstić information content (AvgIpc) is 1.35. The molecule has 8 N–H and O–H groups in total. The highest BCUT2D eigenvalue weighted by atomic mass is 16.8. The summed E-state index contributed by atoms with van der Waals surface area (Å²) in [4.78, 5) is 13.7. The van der Waals surface area contributed by atoms with Crippen LogP contribution in [0.5, 0.6) is 0 Å². The molecule has 0 amide bonds. The maximum absolute atomic E-state index is 13.7. The van der Waals surface area contributed by atoms with E-state index in [0.29, 0.717) is 38.5 Å². The van der Waals surface area contributed by atoms with Gasteiger partial charge in [-0.05, 0) is 96.6 Å². The molecule has 24 heteroatoms. The van der Waals surface area contributed by atoms with Crippen LogP contribution in [0.4, 0.5) is 0 Å². The van der Waals surface area contributed by atoms with E-state index in [2.05, 4.69) is 6.92 Å². The van der Waals surface area contributed by atoms with Crippen molar-refractivity contribution in [3.63, 3.8) is 0 Å². The first-order valence-electron chi connectivity index (χ1n) is 31.6. The number of methoxy groups -OCH3 is 4. The fourth-order valence-electron chi connectivity index (χ4n) is 16.7. The number of hydrogen-bond donors (Lipinski definition) is 8. The Morgan fingerprint density at radius 3 is 1.61 bits per heavy atom. The predicted molar refractivity (Wildman–Crippen MR) is 309 cm³/mol. The van der Waals surface area contributed by atoms with Gasteiger partial charge in [-0.3, -0.25) is 0 Å². The Labute approximate surface area is 515 Å². The monoisotopic (exact) mass is 1250 g/mol. The van der Waals surface area contributed by atoms with Crippen molar-refractivity contribution >= 4 is 12.0 Å². The number of fused-ring (bicyclic) bond motifs is 5. The fourth-order valence-corrected chi connectivity index (χ4v) is 16.7. The molecule has 0 radical (unpaired) electrons. The Kier molecular flexibility index (Phi) is 21.2. The van der Waals surface area contributed by atoms with E-state index in [1.807, 2.05) is 57.2 Å². The number of benzene rings is 1. The van der Waals surface area contributed by atoms with Gasteiger partial charge in [-0.1, -0.05) is 55.8 Å². The lowest BCUT2D eigenvalue weighted by Gasteiger charge is -2.67. The zero-order valence-corrected chi connectivity index (χ0v) is 52.6. The molecule has 0 spiro atoms. The molecule has 5 heterocycles. The minimum Gasteiger partial charge on any atom is -0.458 e. The van der Waals surface area contributed by atoms with Crippen molar-refractivity contribution < 1.29 is 117 Å². The summed E-state index contributed by atoms with van der Waals surface area (Å²) in [7, 11) is 6.35. The van der Waals surface area contributed by atoms with Crippen molar-refractivity contribution in [3.05, 3.63) is 53.6 Å². The number of aliphatic hydroxyl groups excluding tert-OH is 5. The quantitative estimate of drug-likeness (QED) is 0.0561. The van der Waals surface area contributed by atoms with E-state index in [9.17, 15) is 45.6 Å². The zero-order chi connectivity index (χ0) is 63.4. The molecule has 498 valence electrons. The normalized spacial score (nSPS) is 49.3. The van der Waals surface area contributed by atoms with Gasteiger partial charge in [-0.25, -0.2) is 4.79 Å². The average molecular weight is 1250 g/mol. The zero-order valence-electron chi connectivity index (χ0n) is 52.6. The fraction of sp³-hybridized carbons (Fsp3) is 0.828. The lowest BCUT2D eigenvalue weighted by molar-refractivity contribution is -0.359. The van der Waals surface area contributed by atoms with Crippen LogP contribution in [0.25, 0.3) is 6.08 Å². The van der Waals surface area contributed by atoms with Gasteiger partial charge in [0.2, 0.25) is 0 Å². The SMILES string of the molecule is CO[C@H]1C[C@H](O[C@H]2[C@@H](OC)C[C@H](O[C@H]3CC[C@@]4(C)C(=CC[C@]5(O)[C@@H]4C[C@@H](OC(=O)C=Cc4ccccc4)[C@@]4(C)[C@]5(O)CC[C@@]4(O)[C@H](C)O)C3)O[C@@H]2C)O[C@@H](C)[C@H]1O[C@H]1C[C@H](OC)[C@H](O[C@@H]2C[C@@H](OC)[C@@H](O[C@@H]3O[C@H](CO)[C@@H](O)[C@H](O)[C@H]3O)[C@H](C)O2)[C@@H](C)O1. The van der Waals surface area contributed by atoms with Gasteiger partial charge in [-0.2, -0.15) is 0 Å². The van der Waals surface area contributed by atoms with Crippen molar-refractivity contribution in [1.29, 1.82) is 0 Å². The molecule has 0 bridgehead atoms. The topological polar surface area (TPSA) is 317 Å². The standard InChI is InChI=1S/C64H98O24/c1-32-55(85-49-27-41(75-9)56(33(2)79-49)86-50-28-42(76-10)57(34(3)80-50)87-51-29-43(77-11)58(35(4)81-51)88-59-54(70)53(69)52(68)44(31-65)83-59)40(74-8)26-48(78-32)82-39-20-21-60(6)38(25-39)19-22-63(72)45(60)30-46(84-47(67)18-17-37-15-13-12-14-16-37)61(7)62(71,36(5)66)23-24-64(61,63)73/h12-19,32-36,39-46,48-59,65-66,68-73H,20-31H2,1-11H3/t32-,33+,34-,35+,36+,39+,40+,41+,42+,43-,44-,45-,46-,48+,49+,50+,51-,52-,53+,54-,55-,56-,57-,58+,59+,60+,61-,62-,63+,64-/m1/s1. The number of rotatable bonds is 19. The van der Waals surface area contributed by atoms with Gasteiger partial charge >= 0.3 is 5.97 Å². The van der Waals surface area contributed by atoms with Crippen molar-refractivity contribution in [2.75, 3.05) is 35.0 Å². The van der Waals surface area contributed by atoms with Gasteiger partial charge in [0.05, 0.1) is 73.1 Å². The maximum atomic E-state index is 13.7. The highest BCUT2D eigenvalue weighted by Crippen LogP contribution is 2.71. The number of carbonyl (C=O) groups excluding carboxylic acids is 1. The van der Waals surface area contributed by atoms with E-state index in [0.717, 1.165) is 11.1 Å². The summed E-state index contributed by atoms with van der Waals surface area (Å²) in [5, 5.41) is 90.5. The third-order valence-corrected chi connectivity index (χ3v) is 21.9. The van der Waals surface area contributed by atoms with Crippen LogP contribution < -0.4 is 0 Å². The highest BCUT2D eigenvalue weighted by Gasteiger charge is 2.81. The summed E-state index contributed by atoms with van der Waals surface area (Å²) >= 11 is 0. The molecule has 3 saturated carbocycles. The molecule has 4 aliphatic carbocycles. The van der Waals surface area contributed by atoms with Crippen LogP contribution >= 0.6 is 0 Å². The summed E-state index contributed by atoms with van der Waals surface area (Å²) in [6.07, 6.45) is -11.1. The lowest BCUT2D eigenvalue weighted by atomic mass is 9.42. The molecule has 0 unspecified atom stereocenters. The molecule has 24 nitrogen and oxygen atoms in total. The first-order chi connectivity index (χ1) is 41.8. The Balaban J connectivity index is 0.723. The van der Waals surface area contributed by atoms with E-state index in [1.165, 1.54) is 20.1 Å². The van der Waals surface area contributed by atoms with Gasteiger partial charge in [0, 0.05) is 66.1 Å². The van der Waals surface area contributed by atoms with Crippen LogP contribution in [0.2, 0.25) is 0 Å². The van der Waals surface area contributed by atoms with E-state index in [-0.39, 0.29) is 38.2 Å². The van der Waals surface area contributed by atoms with Gasteiger partial charge in [0.25, 0.3) is 0 Å². The Bertz CT molecular complexity index is 2540. The summed E-state index contributed by atoms with van der Waals surface area (Å²) in [6.45, 7) is 12.1. The van der Waals surface area contributed by atoms with Crippen LogP contribution in [0, 0.1) is 16.7 Å². The molecule has 5 saturated heterocycles. The first-order valence-corrected chi connectivity index (χ1v) is 31.6. The maximum Gasteiger partial charge on any atom is 0.331 e. The van der Waals surface area contributed by atoms with E-state index < -0.39 is 187 Å². The van der Waals surface area contributed by atoms with Gasteiger partial charge < -0.3 is 112 Å². The van der Waals surface area contributed by atoms with Crippen molar-refractivity contribution in [2.45, 2.75) is 283 Å². The van der Waals surface area contributed by atoms with Crippen molar-refractivity contribution in [1.82, 2.24) is 0 Å². The molecule has 5 aliphatic heterocycles. The van der Waals surface area contributed by atoms with Gasteiger partial charge in [0.15, 0.2) is 31.5 Å². The molecular weight excluding hydrogens is 1150 g/mol. The third-order valence-electron chi connectivity index (χ3n) is 21.9. The molecule has 9 aliphatic rings. The molecule has 10 rings (SSSR count). The second-order valence-corrected chi connectivity index (χ2v) is 26.6. The van der Waals surface area contributed by atoms with Crippen LogP contribution in [0.1, 0.15) is 125 Å². The van der Waals surface area contributed by atoms with Crippen LogP contribution in [-0.4, -0.2) is 246 Å². The summed E-state index contributed by atoms with van der Waals surface area (Å²) < 4.78 is 94.4. The smallest absolute Gasteiger partial charge is 0.331 e. The third kappa shape index (κ3) is 12.5. The minimum absolute atomic E-state index is 0.000258. The second-order valence-electron chi connectivity index (χ2n) is 26.6. The molecule has 8 fully saturated rings.